The maximum Gasteiger partial charge on any atom is 0.260 e. The highest BCUT2D eigenvalue weighted by molar-refractivity contribution is 5.78. The zero-order valence-corrected chi connectivity index (χ0v) is 18.0. The van der Waals surface area contributed by atoms with Gasteiger partial charge in [-0.2, -0.15) is 0 Å². The molecule has 1 heterocycles. The Hall–Kier alpha value is -2.53. The highest BCUT2D eigenvalue weighted by Crippen LogP contribution is 2.21. The molecular formula is C24H32N2O3. The minimum Gasteiger partial charge on any atom is -0.483 e. The molecule has 0 saturated carbocycles. The van der Waals surface area contributed by atoms with E-state index in [1.165, 1.54) is 0 Å². The maximum absolute atomic E-state index is 13.0. The topological polar surface area (TPSA) is 42.0 Å². The number of amides is 1. The third kappa shape index (κ3) is 5.73. The molecule has 0 spiro atoms. The van der Waals surface area contributed by atoms with Gasteiger partial charge in [-0.05, 0) is 61.6 Å². The number of nitrogens with zero attached hydrogens (tertiary/aromatic N) is 2. The van der Waals surface area contributed by atoms with E-state index in [4.69, 9.17) is 9.47 Å². The lowest BCUT2D eigenvalue weighted by molar-refractivity contribution is -0.135. The van der Waals surface area contributed by atoms with Crippen LogP contribution in [0.2, 0.25) is 0 Å². The quantitative estimate of drug-likeness (QED) is 0.677. The summed E-state index contributed by atoms with van der Waals surface area (Å²) in [6.45, 7) is 6.04. The van der Waals surface area contributed by atoms with Crippen LogP contribution >= 0.6 is 0 Å². The van der Waals surface area contributed by atoms with Crippen LogP contribution in [0.25, 0.3) is 0 Å². The fraction of sp³-hybridized carbons (Fsp3) is 0.458. The van der Waals surface area contributed by atoms with Gasteiger partial charge in [0.2, 0.25) is 0 Å². The highest BCUT2D eigenvalue weighted by atomic mass is 16.5. The third-order valence-corrected chi connectivity index (χ3v) is 5.53. The smallest absolute Gasteiger partial charge is 0.260 e. The van der Waals surface area contributed by atoms with Gasteiger partial charge < -0.3 is 19.3 Å². The number of rotatable bonds is 8. The Morgan fingerprint density at radius 3 is 2.55 bits per heavy atom. The fourth-order valence-electron chi connectivity index (χ4n) is 3.52. The first-order valence-corrected chi connectivity index (χ1v) is 10.3. The van der Waals surface area contributed by atoms with Crippen LogP contribution in [-0.4, -0.2) is 50.8 Å². The molecule has 29 heavy (non-hydrogen) atoms. The van der Waals surface area contributed by atoms with E-state index < -0.39 is 0 Å². The number of hydrogen-bond acceptors (Lipinski definition) is 4. The zero-order chi connectivity index (χ0) is 20.8. The second-order valence-electron chi connectivity index (χ2n) is 7.96. The molecule has 1 saturated heterocycles. The highest BCUT2D eigenvalue weighted by Gasteiger charge is 2.23. The molecule has 0 N–H and O–H groups in total. The van der Waals surface area contributed by atoms with Crippen LogP contribution in [-0.2, 0) is 16.1 Å². The fourth-order valence-corrected chi connectivity index (χ4v) is 3.52. The maximum atomic E-state index is 13.0. The van der Waals surface area contributed by atoms with Crippen LogP contribution in [0.1, 0.15) is 29.5 Å². The van der Waals surface area contributed by atoms with Crippen LogP contribution in [0.15, 0.2) is 42.5 Å². The van der Waals surface area contributed by atoms with Crippen molar-refractivity contribution in [3.8, 4) is 5.75 Å². The Kier molecular flexibility index (Phi) is 7.15. The van der Waals surface area contributed by atoms with Crippen LogP contribution in [0.3, 0.4) is 0 Å². The lowest BCUT2D eigenvalue weighted by Crippen LogP contribution is -2.39. The third-order valence-electron chi connectivity index (χ3n) is 5.53. The molecule has 0 aromatic heterocycles. The van der Waals surface area contributed by atoms with Crippen LogP contribution in [0.5, 0.6) is 5.75 Å². The summed E-state index contributed by atoms with van der Waals surface area (Å²) in [7, 11) is 4.04. The van der Waals surface area contributed by atoms with E-state index in [2.05, 4.69) is 29.2 Å². The summed E-state index contributed by atoms with van der Waals surface area (Å²) in [4.78, 5) is 17.0. The van der Waals surface area contributed by atoms with Gasteiger partial charge in [-0.1, -0.05) is 24.3 Å². The van der Waals surface area contributed by atoms with Crippen molar-refractivity contribution < 1.29 is 14.3 Å². The molecule has 5 nitrogen and oxygen atoms in total. The van der Waals surface area contributed by atoms with Gasteiger partial charge in [-0.3, -0.25) is 4.79 Å². The molecule has 0 aliphatic carbocycles. The van der Waals surface area contributed by atoms with Crippen molar-refractivity contribution in [2.24, 2.45) is 0 Å². The van der Waals surface area contributed by atoms with Gasteiger partial charge in [-0.15, -0.1) is 0 Å². The van der Waals surface area contributed by atoms with Crippen molar-refractivity contribution >= 4 is 11.6 Å². The summed E-state index contributed by atoms with van der Waals surface area (Å²) in [5.74, 6) is 0.754. The average molecular weight is 397 g/mol. The Labute approximate surface area is 174 Å². The molecule has 156 valence electrons. The number of ether oxygens (including phenoxy) is 2. The van der Waals surface area contributed by atoms with E-state index in [0.717, 1.165) is 47.6 Å². The van der Waals surface area contributed by atoms with Gasteiger partial charge >= 0.3 is 0 Å². The summed E-state index contributed by atoms with van der Waals surface area (Å²) < 4.78 is 11.7. The minimum absolute atomic E-state index is 0.0157. The van der Waals surface area contributed by atoms with Gasteiger partial charge in [0, 0.05) is 39.5 Å². The molecule has 1 aliphatic rings. The van der Waals surface area contributed by atoms with Crippen molar-refractivity contribution in [1.29, 1.82) is 0 Å². The molecule has 1 atom stereocenters. The standard InChI is InChI=1S/C24H32N2O3/c1-18-7-5-9-23(19(18)2)29-17-24(27)26(16-22-8-6-14-28-22)15-20-10-12-21(13-11-20)25(3)4/h5,7,9-13,22H,6,8,14-17H2,1-4H3. The minimum atomic E-state index is -0.0157. The lowest BCUT2D eigenvalue weighted by Gasteiger charge is -2.26. The number of aryl methyl sites for hydroxylation is 1. The van der Waals surface area contributed by atoms with E-state index in [9.17, 15) is 4.79 Å². The molecular weight excluding hydrogens is 364 g/mol. The summed E-state index contributed by atoms with van der Waals surface area (Å²) in [6.07, 6.45) is 2.17. The van der Waals surface area contributed by atoms with Crippen molar-refractivity contribution in [3.05, 3.63) is 59.2 Å². The second-order valence-corrected chi connectivity index (χ2v) is 7.96. The van der Waals surface area contributed by atoms with Gasteiger partial charge in [0.25, 0.3) is 5.91 Å². The van der Waals surface area contributed by atoms with Gasteiger partial charge in [0.15, 0.2) is 6.61 Å². The summed E-state index contributed by atoms with van der Waals surface area (Å²) in [6, 6.07) is 14.2. The first kappa shape index (κ1) is 21.2. The molecule has 1 unspecified atom stereocenters. The van der Waals surface area contributed by atoms with Gasteiger partial charge in [0.1, 0.15) is 5.75 Å². The summed E-state index contributed by atoms with van der Waals surface area (Å²) >= 11 is 0. The number of hydrogen-bond donors (Lipinski definition) is 0. The van der Waals surface area contributed by atoms with Crippen LogP contribution in [0, 0.1) is 13.8 Å². The molecule has 3 rings (SSSR count). The SMILES string of the molecule is Cc1cccc(OCC(=O)N(Cc2ccc(N(C)C)cc2)CC2CCCO2)c1C. The summed E-state index contributed by atoms with van der Waals surface area (Å²) in [5.41, 5.74) is 4.48. The largest absolute Gasteiger partial charge is 0.483 e. The van der Waals surface area contributed by atoms with Crippen molar-refractivity contribution in [2.75, 3.05) is 38.8 Å². The first-order valence-electron chi connectivity index (χ1n) is 10.3. The normalized spacial score (nSPS) is 15.9. The molecule has 2 aromatic rings. The Morgan fingerprint density at radius 1 is 1.14 bits per heavy atom. The van der Waals surface area contributed by atoms with Crippen LogP contribution in [0.4, 0.5) is 5.69 Å². The predicted molar refractivity (Wildman–Crippen MR) is 117 cm³/mol. The van der Waals surface area contributed by atoms with Crippen molar-refractivity contribution in [1.82, 2.24) is 4.90 Å². The van der Waals surface area contributed by atoms with E-state index in [-0.39, 0.29) is 18.6 Å². The Bertz CT molecular complexity index is 811. The van der Waals surface area contributed by atoms with Gasteiger partial charge in [0.05, 0.1) is 6.10 Å². The van der Waals surface area contributed by atoms with Crippen LogP contribution < -0.4 is 9.64 Å². The summed E-state index contributed by atoms with van der Waals surface area (Å²) in [5, 5.41) is 0. The van der Waals surface area contributed by atoms with E-state index in [1.807, 2.05) is 51.0 Å². The van der Waals surface area contributed by atoms with E-state index in [0.29, 0.717) is 13.1 Å². The molecule has 0 bridgehead atoms. The Balaban J connectivity index is 1.68. The molecule has 1 aliphatic heterocycles. The molecule has 1 amide bonds. The van der Waals surface area contributed by atoms with E-state index in [1.54, 1.807) is 0 Å². The molecule has 5 heteroatoms. The number of benzene rings is 2. The molecule has 1 fully saturated rings. The van der Waals surface area contributed by atoms with Crippen molar-refractivity contribution in [2.45, 2.75) is 39.3 Å². The Morgan fingerprint density at radius 2 is 1.90 bits per heavy atom. The first-order chi connectivity index (χ1) is 13.9. The molecule has 2 aromatic carbocycles. The van der Waals surface area contributed by atoms with Crippen molar-refractivity contribution in [3.63, 3.8) is 0 Å². The molecule has 0 radical (unpaired) electrons. The number of anilines is 1. The van der Waals surface area contributed by atoms with E-state index >= 15 is 0 Å². The zero-order valence-electron chi connectivity index (χ0n) is 18.0. The number of carbonyl (C=O) groups excluding carboxylic acids is 1. The lowest BCUT2D eigenvalue weighted by atomic mass is 10.1. The second kappa shape index (κ2) is 9.79. The monoisotopic (exact) mass is 396 g/mol. The average Bonchev–Trinajstić information content (AvgIpc) is 3.22. The van der Waals surface area contributed by atoms with Gasteiger partial charge in [-0.25, -0.2) is 0 Å². The predicted octanol–water partition coefficient (Wildman–Crippen LogP) is 3.96. The number of carbonyl (C=O) groups is 1.